The first-order valence-electron chi connectivity index (χ1n) is 13.1. The van der Waals surface area contributed by atoms with Gasteiger partial charge in [-0.15, -0.1) is 0 Å². The van der Waals surface area contributed by atoms with E-state index in [1.807, 2.05) is 63.2 Å². The van der Waals surface area contributed by atoms with Gasteiger partial charge < -0.3 is 19.3 Å². The van der Waals surface area contributed by atoms with Gasteiger partial charge >= 0.3 is 5.97 Å². The lowest BCUT2D eigenvalue weighted by Crippen LogP contribution is -2.41. The predicted octanol–water partition coefficient (Wildman–Crippen LogP) is 3.96. The molecule has 0 amide bonds. The summed E-state index contributed by atoms with van der Waals surface area (Å²) >= 11 is 0. The molecule has 2 heterocycles. The van der Waals surface area contributed by atoms with Crippen molar-refractivity contribution in [2.45, 2.75) is 39.2 Å². The van der Waals surface area contributed by atoms with Crippen molar-refractivity contribution in [2.24, 2.45) is 11.8 Å². The van der Waals surface area contributed by atoms with Crippen molar-refractivity contribution in [2.75, 3.05) is 45.8 Å². The van der Waals surface area contributed by atoms with Crippen molar-refractivity contribution >= 4 is 16.0 Å². The fourth-order valence-electron chi connectivity index (χ4n) is 5.55. The summed E-state index contributed by atoms with van der Waals surface area (Å²) in [6.07, 6.45) is 0.705. The van der Waals surface area contributed by atoms with Crippen LogP contribution in [0.15, 0.2) is 42.5 Å². The maximum Gasteiger partial charge on any atom is 0.309 e. The molecule has 2 aromatic carbocycles. The van der Waals surface area contributed by atoms with E-state index in [0.717, 1.165) is 11.1 Å². The van der Waals surface area contributed by atoms with E-state index in [1.165, 1.54) is 0 Å². The van der Waals surface area contributed by atoms with Gasteiger partial charge in [0.2, 0.25) is 16.8 Å². The van der Waals surface area contributed by atoms with Gasteiger partial charge in [-0.25, -0.2) is 12.7 Å². The van der Waals surface area contributed by atoms with Gasteiger partial charge in [-0.2, -0.15) is 0 Å². The Hall–Kier alpha value is -2.82. The van der Waals surface area contributed by atoms with Crippen LogP contribution >= 0.6 is 0 Å². The number of hydrogen-bond acceptors (Lipinski definition) is 7. The predicted molar refractivity (Wildman–Crippen MR) is 144 cm³/mol. The summed E-state index contributed by atoms with van der Waals surface area (Å²) in [5, 5.41) is 10.5. The highest BCUT2D eigenvalue weighted by atomic mass is 32.2. The summed E-state index contributed by atoms with van der Waals surface area (Å²) in [5.41, 5.74) is 1.72. The van der Waals surface area contributed by atoms with E-state index in [0.29, 0.717) is 49.8 Å². The monoisotopic (exact) mass is 546 g/mol. The van der Waals surface area contributed by atoms with Gasteiger partial charge in [0, 0.05) is 38.1 Å². The topological polar surface area (TPSA) is 106 Å². The Morgan fingerprint density at radius 1 is 1.11 bits per heavy atom. The van der Waals surface area contributed by atoms with Crippen LogP contribution in [0, 0.1) is 11.8 Å². The zero-order valence-electron chi connectivity index (χ0n) is 22.5. The van der Waals surface area contributed by atoms with Crippen molar-refractivity contribution in [1.29, 1.82) is 0 Å². The van der Waals surface area contributed by atoms with Crippen molar-refractivity contribution in [3.63, 3.8) is 0 Å². The van der Waals surface area contributed by atoms with Crippen LogP contribution in [-0.4, -0.2) is 74.5 Å². The first kappa shape index (κ1) is 28.2. The number of carboxylic acid groups (broad SMARTS) is 1. The standard InChI is InChI=1S/C28H38N2O7S/c1-5-12-30(38(33,34)17-19(2)3)14-13-29-16-23(21-8-11-24-25(15-21)37-18-36-24)26(28(31)32)27(29)20-6-9-22(35-4)10-7-20/h6-11,15,19,23,26-27H,5,12-14,16-18H2,1-4H3,(H,31,32). The van der Waals surface area contributed by atoms with Crippen molar-refractivity contribution < 1.29 is 32.5 Å². The Balaban J connectivity index is 1.67. The SMILES string of the molecule is CCCN(CCN1CC(c2ccc3c(c2)OCO3)C(C(=O)O)C1c1ccc(OC)cc1)S(=O)(=O)CC(C)C. The van der Waals surface area contributed by atoms with E-state index in [2.05, 4.69) is 4.90 Å². The zero-order valence-corrected chi connectivity index (χ0v) is 23.3. The minimum atomic E-state index is -3.43. The maximum atomic E-state index is 13.1. The summed E-state index contributed by atoms with van der Waals surface area (Å²) in [5.74, 6) is 0.0986. The Labute approximate surface area is 225 Å². The highest BCUT2D eigenvalue weighted by Crippen LogP contribution is 2.47. The third-order valence-electron chi connectivity index (χ3n) is 7.21. The molecule has 0 aromatic heterocycles. The zero-order chi connectivity index (χ0) is 27.4. The summed E-state index contributed by atoms with van der Waals surface area (Å²) < 4.78 is 44.1. The molecule has 0 radical (unpaired) electrons. The second kappa shape index (κ2) is 11.9. The number of sulfonamides is 1. The fourth-order valence-corrected chi connectivity index (χ4v) is 7.42. The molecule has 0 saturated carbocycles. The average molecular weight is 547 g/mol. The highest BCUT2D eigenvalue weighted by Gasteiger charge is 2.47. The third-order valence-corrected chi connectivity index (χ3v) is 9.45. The molecule has 2 aromatic rings. The van der Waals surface area contributed by atoms with Crippen LogP contribution in [0.3, 0.4) is 0 Å². The summed E-state index contributed by atoms with van der Waals surface area (Å²) in [6, 6.07) is 12.6. The number of methoxy groups -OCH3 is 1. The number of aliphatic carboxylic acids is 1. The number of ether oxygens (including phenoxy) is 3. The van der Waals surface area contributed by atoms with Gasteiger partial charge in [0.05, 0.1) is 18.8 Å². The van der Waals surface area contributed by atoms with Gasteiger partial charge in [-0.1, -0.05) is 39.0 Å². The van der Waals surface area contributed by atoms with Gasteiger partial charge in [-0.05, 0) is 47.7 Å². The first-order chi connectivity index (χ1) is 18.1. The molecule has 3 unspecified atom stereocenters. The molecular formula is C28H38N2O7S. The van der Waals surface area contributed by atoms with Crippen LogP contribution in [-0.2, 0) is 14.8 Å². The van der Waals surface area contributed by atoms with E-state index in [4.69, 9.17) is 14.2 Å². The smallest absolute Gasteiger partial charge is 0.309 e. The van der Waals surface area contributed by atoms with E-state index in [1.54, 1.807) is 11.4 Å². The number of carbonyl (C=O) groups is 1. The molecule has 9 nitrogen and oxygen atoms in total. The molecule has 0 bridgehead atoms. The van der Waals surface area contributed by atoms with E-state index >= 15 is 0 Å². The Kier molecular flexibility index (Phi) is 8.85. The molecule has 0 aliphatic carbocycles. The van der Waals surface area contributed by atoms with Crippen LogP contribution < -0.4 is 14.2 Å². The number of nitrogens with zero attached hydrogens (tertiary/aromatic N) is 2. The number of hydrogen-bond donors (Lipinski definition) is 1. The van der Waals surface area contributed by atoms with E-state index in [-0.39, 0.29) is 24.4 Å². The highest BCUT2D eigenvalue weighted by molar-refractivity contribution is 7.89. The average Bonchev–Trinajstić information content (AvgIpc) is 3.50. The van der Waals surface area contributed by atoms with E-state index < -0.39 is 28.0 Å². The molecule has 2 aliphatic heterocycles. The first-order valence-corrected chi connectivity index (χ1v) is 14.7. The fraction of sp³-hybridized carbons (Fsp3) is 0.536. The van der Waals surface area contributed by atoms with Gasteiger partial charge in [-0.3, -0.25) is 9.69 Å². The number of carboxylic acids is 1. The minimum Gasteiger partial charge on any atom is -0.497 e. The van der Waals surface area contributed by atoms with Crippen LogP contribution in [0.2, 0.25) is 0 Å². The minimum absolute atomic E-state index is 0.0185. The largest absolute Gasteiger partial charge is 0.497 e. The molecule has 208 valence electrons. The summed E-state index contributed by atoms with van der Waals surface area (Å²) in [6.45, 7) is 7.52. The van der Waals surface area contributed by atoms with Crippen LogP contribution in [0.4, 0.5) is 0 Å². The van der Waals surface area contributed by atoms with E-state index in [9.17, 15) is 18.3 Å². The third kappa shape index (κ3) is 6.08. The Bertz CT molecular complexity index is 1220. The molecule has 3 atom stereocenters. The Morgan fingerprint density at radius 2 is 1.79 bits per heavy atom. The molecule has 1 N–H and O–H groups in total. The molecular weight excluding hydrogens is 508 g/mol. The van der Waals surface area contributed by atoms with Crippen LogP contribution in [0.25, 0.3) is 0 Å². The molecule has 38 heavy (non-hydrogen) atoms. The molecule has 1 saturated heterocycles. The lowest BCUT2D eigenvalue weighted by atomic mass is 9.82. The second-order valence-electron chi connectivity index (χ2n) is 10.4. The van der Waals surface area contributed by atoms with Gasteiger partial charge in [0.1, 0.15) is 5.75 Å². The molecule has 10 heteroatoms. The van der Waals surface area contributed by atoms with Crippen LogP contribution in [0.1, 0.15) is 50.3 Å². The second-order valence-corrected chi connectivity index (χ2v) is 12.4. The molecule has 4 rings (SSSR count). The van der Waals surface area contributed by atoms with Crippen molar-refractivity contribution in [3.8, 4) is 17.2 Å². The lowest BCUT2D eigenvalue weighted by Gasteiger charge is -2.30. The number of rotatable bonds is 12. The number of likely N-dealkylation sites (tertiary alicyclic amines) is 1. The summed E-state index contributed by atoms with van der Waals surface area (Å²) in [7, 11) is -1.84. The maximum absolute atomic E-state index is 13.1. The quantitative estimate of drug-likeness (QED) is 0.427. The normalized spacial score (nSPS) is 21.4. The molecule has 1 fully saturated rings. The van der Waals surface area contributed by atoms with Crippen LogP contribution in [0.5, 0.6) is 17.2 Å². The molecule has 0 spiro atoms. The van der Waals surface area contributed by atoms with Gasteiger partial charge in [0.15, 0.2) is 11.5 Å². The number of fused-ring (bicyclic) bond motifs is 1. The van der Waals surface area contributed by atoms with Crippen molar-refractivity contribution in [1.82, 2.24) is 9.21 Å². The van der Waals surface area contributed by atoms with Gasteiger partial charge in [0.25, 0.3) is 0 Å². The van der Waals surface area contributed by atoms with Crippen molar-refractivity contribution in [3.05, 3.63) is 53.6 Å². The molecule has 2 aliphatic rings. The number of benzene rings is 2. The summed E-state index contributed by atoms with van der Waals surface area (Å²) in [4.78, 5) is 14.9. The lowest BCUT2D eigenvalue weighted by molar-refractivity contribution is -0.143. The Morgan fingerprint density at radius 3 is 2.42 bits per heavy atom.